The number of carbonyl (C=O) groups excluding carboxylic acids is 1. The quantitative estimate of drug-likeness (QED) is 0.874. The van der Waals surface area contributed by atoms with Crippen LogP contribution in [0.1, 0.15) is 34.8 Å². The monoisotopic (exact) mass is 331 g/mol. The standard InChI is InChI=1S/C17H18FN3O3/c1-24-15-6-4-12(10-13(15)18)17(23)19-8-9-21-16(22)7-5-14(20-21)11-2-3-11/h4-7,10-11H,2-3,8-9H2,1H3,(H,19,23). The average molecular weight is 331 g/mol. The van der Waals surface area contributed by atoms with Crippen molar-refractivity contribution in [3.8, 4) is 5.75 Å². The van der Waals surface area contributed by atoms with Gasteiger partial charge in [-0.05, 0) is 37.1 Å². The SMILES string of the molecule is COc1ccc(C(=O)NCCn2nc(C3CC3)ccc2=O)cc1F. The topological polar surface area (TPSA) is 73.2 Å². The van der Waals surface area contributed by atoms with Gasteiger partial charge in [-0.25, -0.2) is 9.07 Å². The zero-order valence-corrected chi connectivity index (χ0v) is 13.3. The van der Waals surface area contributed by atoms with Gasteiger partial charge in [0.2, 0.25) is 0 Å². The average Bonchev–Trinajstić information content (AvgIpc) is 3.41. The fourth-order valence-corrected chi connectivity index (χ4v) is 2.41. The first-order chi connectivity index (χ1) is 11.6. The van der Waals surface area contributed by atoms with Crippen LogP contribution >= 0.6 is 0 Å². The predicted octanol–water partition coefficient (Wildman–Crippen LogP) is 1.70. The maximum atomic E-state index is 13.6. The van der Waals surface area contributed by atoms with E-state index in [9.17, 15) is 14.0 Å². The molecule has 0 saturated heterocycles. The third-order valence-electron chi connectivity index (χ3n) is 3.91. The molecule has 1 saturated carbocycles. The van der Waals surface area contributed by atoms with Gasteiger partial charge in [0.25, 0.3) is 11.5 Å². The van der Waals surface area contributed by atoms with Gasteiger partial charge < -0.3 is 10.1 Å². The van der Waals surface area contributed by atoms with Gasteiger partial charge in [0.1, 0.15) is 0 Å². The number of nitrogens with one attached hydrogen (secondary N) is 1. The zero-order valence-electron chi connectivity index (χ0n) is 13.3. The summed E-state index contributed by atoms with van der Waals surface area (Å²) in [5, 5.41) is 6.97. The molecular weight excluding hydrogens is 313 g/mol. The molecule has 6 nitrogen and oxygen atoms in total. The Bertz CT molecular complexity index is 815. The number of amides is 1. The van der Waals surface area contributed by atoms with Crippen molar-refractivity contribution < 1.29 is 13.9 Å². The summed E-state index contributed by atoms with van der Waals surface area (Å²) < 4.78 is 19.8. The van der Waals surface area contributed by atoms with Gasteiger partial charge >= 0.3 is 0 Å². The minimum atomic E-state index is -0.597. The molecule has 1 aliphatic rings. The van der Waals surface area contributed by atoms with Gasteiger partial charge in [0.05, 0.1) is 19.3 Å². The number of ether oxygens (including phenoxy) is 1. The Balaban J connectivity index is 1.60. The van der Waals surface area contributed by atoms with Crippen molar-refractivity contribution in [1.29, 1.82) is 0 Å². The van der Waals surface area contributed by atoms with Gasteiger partial charge in [-0.15, -0.1) is 0 Å². The Morgan fingerprint density at radius 3 is 2.83 bits per heavy atom. The zero-order chi connectivity index (χ0) is 17.1. The summed E-state index contributed by atoms with van der Waals surface area (Å²) in [7, 11) is 1.36. The lowest BCUT2D eigenvalue weighted by Gasteiger charge is -2.09. The van der Waals surface area contributed by atoms with Gasteiger partial charge in [0, 0.05) is 24.1 Å². The number of halogens is 1. The van der Waals surface area contributed by atoms with E-state index in [1.165, 1.54) is 30.0 Å². The van der Waals surface area contributed by atoms with Crippen LogP contribution < -0.4 is 15.6 Å². The van der Waals surface area contributed by atoms with Crippen LogP contribution in [-0.4, -0.2) is 29.3 Å². The highest BCUT2D eigenvalue weighted by Gasteiger charge is 2.25. The Kier molecular flexibility index (Phi) is 4.59. The number of methoxy groups -OCH3 is 1. The van der Waals surface area contributed by atoms with Crippen molar-refractivity contribution in [1.82, 2.24) is 15.1 Å². The van der Waals surface area contributed by atoms with Crippen molar-refractivity contribution in [2.45, 2.75) is 25.3 Å². The van der Waals surface area contributed by atoms with Crippen molar-refractivity contribution in [2.24, 2.45) is 0 Å². The van der Waals surface area contributed by atoms with E-state index in [0.717, 1.165) is 24.6 Å². The second-order valence-electron chi connectivity index (χ2n) is 5.70. The van der Waals surface area contributed by atoms with E-state index in [2.05, 4.69) is 10.4 Å². The molecule has 1 amide bonds. The van der Waals surface area contributed by atoms with Crippen molar-refractivity contribution >= 4 is 5.91 Å². The molecule has 1 aromatic heterocycles. The summed E-state index contributed by atoms with van der Waals surface area (Å²) in [5.41, 5.74) is 0.905. The highest BCUT2D eigenvalue weighted by atomic mass is 19.1. The molecule has 0 bridgehead atoms. The highest BCUT2D eigenvalue weighted by Crippen LogP contribution is 2.38. The number of rotatable bonds is 6. The molecular formula is C17H18FN3O3. The molecule has 1 aliphatic carbocycles. The second kappa shape index (κ2) is 6.82. The molecule has 1 fully saturated rings. The summed E-state index contributed by atoms with van der Waals surface area (Å²) in [6, 6.07) is 7.26. The number of nitrogens with zero attached hydrogens (tertiary/aromatic N) is 2. The molecule has 1 heterocycles. The van der Waals surface area contributed by atoms with Crippen LogP contribution in [0.4, 0.5) is 4.39 Å². The fourth-order valence-electron chi connectivity index (χ4n) is 2.41. The van der Waals surface area contributed by atoms with Crippen LogP contribution in [0, 0.1) is 5.82 Å². The Morgan fingerprint density at radius 2 is 2.17 bits per heavy atom. The smallest absolute Gasteiger partial charge is 0.266 e. The van der Waals surface area contributed by atoms with Crippen LogP contribution in [-0.2, 0) is 6.54 Å². The van der Waals surface area contributed by atoms with Crippen molar-refractivity contribution in [3.63, 3.8) is 0 Å². The summed E-state index contributed by atoms with van der Waals surface area (Å²) in [6.07, 6.45) is 2.20. The van der Waals surface area contributed by atoms with E-state index >= 15 is 0 Å². The Labute approximate surface area is 138 Å². The molecule has 0 aliphatic heterocycles. The summed E-state index contributed by atoms with van der Waals surface area (Å²) in [5.74, 6) is -0.476. The second-order valence-corrected chi connectivity index (χ2v) is 5.70. The molecule has 126 valence electrons. The molecule has 1 aromatic carbocycles. The van der Waals surface area contributed by atoms with E-state index in [1.807, 2.05) is 0 Å². The molecule has 24 heavy (non-hydrogen) atoms. The van der Waals surface area contributed by atoms with Crippen molar-refractivity contribution in [3.05, 3.63) is 57.8 Å². The van der Waals surface area contributed by atoms with E-state index in [-0.39, 0.29) is 30.0 Å². The predicted molar refractivity (Wildman–Crippen MR) is 85.8 cm³/mol. The first kappa shape index (κ1) is 16.2. The third-order valence-corrected chi connectivity index (χ3v) is 3.91. The molecule has 3 rings (SSSR count). The lowest BCUT2D eigenvalue weighted by atomic mass is 10.2. The summed E-state index contributed by atoms with van der Waals surface area (Å²) in [6.45, 7) is 0.497. The van der Waals surface area contributed by atoms with Crippen LogP contribution in [0.15, 0.2) is 35.1 Å². The highest BCUT2D eigenvalue weighted by molar-refractivity contribution is 5.94. The Hall–Kier alpha value is -2.70. The number of carbonyl (C=O) groups is 1. The van der Waals surface area contributed by atoms with Crippen LogP contribution in [0.3, 0.4) is 0 Å². The normalized spacial score (nSPS) is 13.6. The molecule has 0 atom stereocenters. The molecule has 1 N–H and O–H groups in total. The van der Waals surface area contributed by atoms with E-state index in [0.29, 0.717) is 5.92 Å². The van der Waals surface area contributed by atoms with Gasteiger partial charge in [-0.1, -0.05) is 0 Å². The first-order valence-electron chi connectivity index (χ1n) is 7.78. The third kappa shape index (κ3) is 3.61. The maximum absolute atomic E-state index is 13.6. The molecule has 2 aromatic rings. The van der Waals surface area contributed by atoms with E-state index in [1.54, 1.807) is 6.07 Å². The van der Waals surface area contributed by atoms with Gasteiger partial charge in [-0.2, -0.15) is 5.10 Å². The minimum Gasteiger partial charge on any atom is -0.494 e. The maximum Gasteiger partial charge on any atom is 0.266 e. The number of hydrogen-bond donors (Lipinski definition) is 1. The van der Waals surface area contributed by atoms with Gasteiger partial charge in [0.15, 0.2) is 11.6 Å². The largest absolute Gasteiger partial charge is 0.494 e. The van der Waals surface area contributed by atoms with Crippen LogP contribution in [0.5, 0.6) is 5.75 Å². The van der Waals surface area contributed by atoms with Crippen molar-refractivity contribution in [2.75, 3.05) is 13.7 Å². The number of benzene rings is 1. The molecule has 0 spiro atoms. The Morgan fingerprint density at radius 1 is 1.38 bits per heavy atom. The fraction of sp³-hybridized carbons (Fsp3) is 0.353. The van der Waals surface area contributed by atoms with Gasteiger partial charge in [-0.3, -0.25) is 9.59 Å². The molecule has 0 unspecified atom stereocenters. The molecule has 7 heteroatoms. The number of aromatic nitrogens is 2. The lowest BCUT2D eigenvalue weighted by molar-refractivity contribution is 0.0951. The lowest BCUT2D eigenvalue weighted by Crippen LogP contribution is -2.32. The van der Waals surface area contributed by atoms with E-state index in [4.69, 9.17) is 4.74 Å². The van der Waals surface area contributed by atoms with Crippen LogP contribution in [0.2, 0.25) is 0 Å². The molecule has 0 radical (unpaired) electrons. The first-order valence-corrected chi connectivity index (χ1v) is 7.78. The summed E-state index contributed by atoms with van der Waals surface area (Å²) >= 11 is 0. The van der Waals surface area contributed by atoms with Crippen LogP contribution in [0.25, 0.3) is 0 Å². The summed E-state index contributed by atoms with van der Waals surface area (Å²) in [4.78, 5) is 23.8. The number of hydrogen-bond acceptors (Lipinski definition) is 4. The van der Waals surface area contributed by atoms with E-state index < -0.39 is 11.7 Å². The minimum absolute atomic E-state index is 0.0826.